The summed E-state index contributed by atoms with van der Waals surface area (Å²) in [6.45, 7) is 6.06. The minimum absolute atomic E-state index is 0.186. The molecule has 1 aromatic carbocycles. The molecule has 0 bridgehead atoms. The molecule has 5 heteroatoms. The molecule has 110 valence electrons. The zero-order valence-corrected chi connectivity index (χ0v) is 13.0. The first kappa shape index (κ1) is 15.3. The molecular formula is C16H18ClN3O. The second kappa shape index (κ2) is 5.74. The van der Waals surface area contributed by atoms with Gasteiger partial charge in [0.25, 0.3) is 5.91 Å². The second-order valence-electron chi connectivity index (χ2n) is 5.85. The third-order valence-electron chi connectivity index (χ3n) is 3.00. The summed E-state index contributed by atoms with van der Waals surface area (Å²) >= 11 is 6.04. The summed E-state index contributed by atoms with van der Waals surface area (Å²) < 4.78 is 0. The number of anilines is 2. The van der Waals surface area contributed by atoms with Crippen molar-refractivity contribution in [3.63, 3.8) is 0 Å². The number of nitrogens with one attached hydrogen (secondary N) is 1. The molecule has 0 saturated carbocycles. The van der Waals surface area contributed by atoms with Gasteiger partial charge in [0.2, 0.25) is 0 Å². The van der Waals surface area contributed by atoms with E-state index in [1.165, 1.54) is 0 Å². The van der Waals surface area contributed by atoms with Gasteiger partial charge >= 0.3 is 0 Å². The number of carbonyl (C=O) groups excluding carboxylic acids is 1. The largest absolute Gasteiger partial charge is 0.384 e. The van der Waals surface area contributed by atoms with Gasteiger partial charge in [-0.3, -0.25) is 4.79 Å². The van der Waals surface area contributed by atoms with Crippen LogP contribution in [0.3, 0.4) is 0 Å². The van der Waals surface area contributed by atoms with E-state index in [9.17, 15) is 4.79 Å². The number of hydrogen-bond donors (Lipinski definition) is 2. The number of nitrogens with zero attached hydrogens (tertiary/aromatic N) is 1. The number of amides is 1. The summed E-state index contributed by atoms with van der Waals surface area (Å²) in [5.74, 6) is 0.0643. The number of hydrogen-bond acceptors (Lipinski definition) is 3. The number of aromatic nitrogens is 1. The minimum Gasteiger partial charge on any atom is -0.384 e. The normalized spacial score (nSPS) is 11.2. The Morgan fingerprint density at radius 3 is 2.52 bits per heavy atom. The Morgan fingerprint density at radius 1 is 1.24 bits per heavy atom. The first-order valence-corrected chi connectivity index (χ1v) is 6.99. The molecule has 1 heterocycles. The van der Waals surface area contributed by atoms with Crippen LogP contribution in [0.5, 0.6) is 0 Å². The lowest BCUT2D eigenvalue weighted by atomic mass is 9.90. The van der Waals surface area contributed by atoms with Crippen molar-refractivity contribution in [3.05, 3.63) is 52.7 Å². The van der Waals surface area contributed by atoms with Gasteiger partial charge in [0.15, 0.2) is 0 Å². The molecule has 2 rings (SSSR count). The lowest BCUT2D eigenvalue weighted by Gasteiger charge is -2.19. The Kier molecular flexibility index (Phi) is 4.19. The van der Waals surface area contributed by atoms with Crippen LogP contribution >= 0.6 is 11.6 Å². The molecule has 21 heavy (non-hydrogen) atoms. The number of para-hydroxylation sites is 1. The maximum absolute atomic E-state index is 12.3. The van der Waals surface area contributed by atoms with E-state index >= 15 is 0 Å². The summed E-state index contributed by atoms with van der Waals surface area (Å²) in [5, 5.41) is 3.27. The minimum atomic E-state index is -0.261. The first-order valence-electron chi connectivity index (χ1n) is 6.61. The Labute approximate surface area is 129 Å². The van der Waals surface area contributed by atoms with Gasteiger partial charge in [-0.25, -0.2) is 4.98 Å². The quantitative estimate of drug-likeness (QED) is 0.885. The fourth-order valence-electron chi connectivity index (χ4n) is 1.82. The number of halogens is 1. The van der Waals surface area contributed by atoms with Gasteiger partial charge < -0.3 is 11.1 Å². The Bertz CT molecular complexity index is 677. The van der Waals surface area contributed by atoms with Crippen molar-refractivity contribution in [1.82, 2.24) is 4.98 Å². The Morgan fingerprint density at radius 2 is 1.90 bits per heavy atom. The van der Waals surface area contributed by atoms with E-state index < -0.39 is 0 Å². The molecule has 0 aliphatic heterocycles. The fraction of sp³-hybridized carbons (Fsp3) is 0.250. The van der Waals surface area contributed by atoms with E-state index in [0.29, 0.717) is 22.1 Å². The number of nitrogen functional groups attached to an aromatic ring is 1. The van der Waals surface area contributed by atoms with E-state index in [1.54, 1.807) is 30.3 Å². The molecule has 0 unspecified atom stereocenters. The monoisotopic (exact) mass is 303 g/mol. The Balaban J connectivity index is 2.32. The lowest BCUT2D eigenvalue weighted by molar-refractivity contribution is 0.102. The third kappa shape index (κ3) is 3.73. The average molecular weight is 304 g/mol. The van der Waals surface area contributed by atoms with Crippen LogP contribution in [0.25, 0.3) is 0 Å². The Hall–Kier alpha value is -2.07. The summed E-state index contributed by atoms with van der Waals surface area (Å²) in [4.78, 5) is 16.6. The van der Waals surface area contributed by atoms with Crippen LogP contribution in [0.1, 0.15) is 36.8 Å². The molecule has 0 radical (unpaired) electrons. The van der Waals surface area contributed by atoms with Gasteiger partial charge in [-0.2, -0.15) is 0 Å². The van der Waals surface area contributed by atoms with Crippen molar-refractivity contribution in [1.29, 1.82) is 0 Å². The van der Waals surface area contributed by atoms with Crippen LogP contribution in [-0.2, 0) is 5.41 Å². The molecule has 0 aliphatic rings. The third-order valence-corrected chi connectivity index (χ3v) is 3.33. The van der Waals surface area contributed by atoms with Gasteiger partial charge in [-0.15, -0.1) is 0 Å². The smallest absolute Gasteiger partial charge is 0.255 e. The molecule has 1 amide bonds. The summed E-state index contributed by atoms with van der Waals surface area (Å²) in [5.41, 5.74) is 7.42. The maximum atomic E-state index is 12.3. The zero-order chi connectivity index (χ0) is 15.6. The zero-order valence-electron chi connectivity index (χ0n) is 12.3. The van der Waals surface area contributed by atoms with E-state index in [4.69, 9.17) is 17.3 Å². The maximum Gasteiger partial charge on any atom is 0.255 e. The fourth-order valence-corrected chi connectivity index (χ4v) is 2.01. The second-order valence-corrected chi connectivity index (χ2v) is 6.26. The number of carbonyl (C=O) groups is 1. The molecule has 0 spiro atoms. The molecule has 4 nitrogen and oxygen atoms in total. The molecule has 0 atom stereocenters. The molecule has 2 aromatic rings. The predicted octanol–water partition coefficient (Wildman–Crippen LogP) is 3.87. The van der Waals surface area contributed by atoms with Crippen molar-refractivity contribution in [2.24, 2.45) is 0 Å². The number of pyridine rings is 1. The molecule has 0 saturated heterocycles. The topological polar surface area (TPSA) is 68.0 Å². The summed E-state index contributed by atoms with van der Waals surface area (Å²) in [6.07, 6.45) is 0. The van der Waals surface area contributed by atoms with E-state index in [1.807, 2.05) is 26.8 Å². The van der Waals surface area contributed by atoms with Gasteiger partial charge in [0.05, 0.1) is 10.7 Å². The predicted molar refractivity (Wildman–Crippen MR) is 86.8 cm³/mol. The van der Waals surface area contributed by atoms with E-state index in [-0.39, 0.29) is 11.3 Å². The number of benzene rings is 1. The average Bonchev–Trinajstić information content (AvgIpc) is 2.39. The standard InChI is InChI=1S/C16H18ClN3O/c1-16(2,3)13-8-10(9-14(18)20-13)15(21)19-12-7-5-4-6-11(12)17/h4-9H,1-3H3,(H2,18,20)(H,19,21). The van der Waals surface area contributed by atoms with Crippen molar-refractivity contribution in [2.75, 3.05) is 11.1 Å². The van der Waals surface area contributed by atoms with Crippen molar-refractivity contribution < 1.29 is 4.79 Å². The van der Waals surface area contributed by atoms with E-state index in [0.717, 1.165) is 5.69 Å². The van der Waals surface area contributed by atoms with Crippen LogP contribution in [0.4, 0.5) is 11.5 Å². The van der Waals surface area contributed by atoms with Gasteiger partial charge in [0.1, 0.15) is 5.82 Å². The van der Waals surface area contributed by atoms with Crippen molar-refractivity contribution in [2.45, 2.75) is 26.2 Å². The van der Waals surface area contributed by atoms with Gasteiger partial charge in [0, 0.05) is 16.7 Å². The lowest BCUT2D eigenvalue weighted by Crippen LogP contribution is -2.18. The first-order chi connectivity index (χ1) is 9.77. The van der Waals surface area contributed by atoms with Crippen LogP contribution in [0, 0.1) is 0 Å². The summed E-state index contributed by atoms with van der Waals surface area (Å²) in [6, 6.07) is 10.4. The molecule has 3 N–H and O–H groups in total. The number of nitrogens with two attached hydrogens (primary N) is 1. The highest BCUT2D eigenvalue weighted by atomic mass is 35.5. The van der Waals surface area contributed by atoms with E-state index in [2.05, 4.69) is 10.3 Å². The molecule has 0 aliphatic carbocycles. The van der Waals surface area contributed by atoms with Crippen LogP contribution in [-0.4, -0.2) is 10.9 Å². The van der Waals surface area contributed by atoms with Gasteiger partial charge in [-0.1, -0.05) is 44.5 Å². The van der Waals surface area contributed by atoms with Crippen LogP contribution < -0.4 is 11.1 Å². The van der Waals surface area contributed by atoms with Crippen molar-refractivity contribution in [3.8, 4) is 0 Å². The number of rotatable bonds is 2. The van der Waals surface area contributed by atoms with Crippen LogP contribution in [0.2, 0.25) is 5.02 Å². The highest BCUT2D eigenvalue weighted by molar-refractivity contribution is 6.33. The highest BCUT2D eigenvalue weighted by Crippen LogP contribution is 2.24. The highest BCUT2D eigenvalue weighted by Gasteiger charge is 2.19. The van der Waals surface area contributed by atoms with Crippen molar-refractivity contribution >= 4 is 29.0 Å². The SMILES string of the molecule is CC(C)(C)c1cc(C(=O)Nc2ccccc2Cl)cc(N)n1. The van der Waals surface area contributed by atoms with Crippen LogP contribution in [0.15, 0.2) is 36.4 Å². The molecule has 1 aromatic heterocycles. The summed E-state index contributed by atoms with van der Waals surface area (Å²) in [7, 11) is 0. The molecular weight excluding hydrogens is 286 g/mol. The molecule has 0 fully saturated rings. The van der Waals surface area contributed by atoms with Gasteiger partial charge in [-0.05, 0) is 24.3 Å².